The van der Waals surface area contributed by atoms with Crippen LogP contribution in [0.3, 0.4) is 0 Å². The summed E-state index contributed by atoms with van der Waals surface area (Å²) in [7, 11) is 0. The van der Waals surface area contributed by atoms with E-state index in [9.17, 15) is 19.7 Å². The molecular weight excluding hydrogens is 368 g/mol. The Hall–Kier alpha value is -3.20. The average Bonchev–Trinajstić information content (AvgIpc) is 2.67. The smallest absolute Gasteiger partial charge is 0.292 e. The Balaban J connectivity index is 1.80. The normalized spacial score (nSPS) is 10.7. The Bertz CT molecular complexity index is 1080. The van der Waals surface area contributed by atoms with Gasteiger partial charge in [0.1, 0.15) is 5.69 Å². The number of rotatable bonds is 6. The van der Waals surface area contributed by atoms with Crippen LogP contribution in [-0.4, -0.2) is 26.1 Å². The average molecular weight is 384 g/mol. The molecule has 3 rings (SSSR count). The number of thioether (sulfide) groups is 1. The first-order valence-electron chi connectivity index (χ1n) is 8.17. The first kappa shape index (κ1) is 18.6. The van der Waals surface area contributed by atoms with E-state index in [1.807, 2.05) is 6.92 Å². The first-order chi connectivity index (χ1) is 13.0. The lowest BCUT2D eigenvalue weighted by molar-refractivity contribution is -0.383. The minimum atomic E-state index is -0.553. The van der Waals surface area contributed by atoms with Crippen molar-refractivity contribution in [3.8, 4) is 0 Å². The van der Waals surface area contributed by atoms with Crippen LogP contribution in [0.2, 0.25) is 0 Å². The van der Waals surface area contributed by atoms with Crippen LogP contribution < -0.4 is 10.9 Å². The van der Waals surface area contributed by atoms with Gasteiger partial charge in [0, 0.05) is 12.6 Å². The van der Waals surface area contributed by atoms with Gasteiger partial charge in [0.25, 0.3) is 11.2 Å². The number of hydrogen-bond acceptors (Lipinski definition) is 6. The van der Waals surface area contributed by atoms with E-state index in [-0.39, 0.29) is 22.7 Å². The fourth-order valence-electron chi connectivity index (χ4n) is 2.59. The number of nitrogens with zero attached hydrogens (tertiary/aromatic N) is 3. The molecule has 0 aliphatic heterocycles. The van der Waals surface area contributed by atoms with E-state index >= 15 is 0 Å². The molecule has 1 heterocycles. The zero-order chi connectivity index (χ0) is 19.4. The van der Waals surface area contributed by atoms with Crippen molar-refractivity contribution >= 4 is 39.9 Å². The summed E-state index contributed by atoms with van der Waals surface area (Å²) in [5, 5.41) is 14.5. The maximum absolute atomic E-state index is 12.6. The summed E-state index contributed by atoms with van der Waals surface area (Å²) in [4.78, 5) is 39.8. The van der Waals surface area contributed by atoms with Gasteiger partial charge in [-0.3, -0.25) is 24.3 Å². The minimum Gasteiger partial charge on any atom is -0.320 e. The zero-order valence-corrected chi connectivity index (χ0v) is 15.2. The van der Waals surface area contributed by atoms with Crippen molar-refractivity contribution in [2.24, 2.45) is 0 Å². The van der Waals surface area contributed by atoms with Gasteiger partial charge in [-0.15, -0.1) is 0 Å². The third-order valence-electron chi connectivity index (χ3n) is 3.85. The van der Waals surface area contributed by atoms with E-state index in [1.165, 1.54) is 22.8 Å². The highest BCUT2D eigenvalue weighted by Crippen LogP contribution is 2.24. The van der Waals surface area contributed by atoms with Crippen LogP contribution in [0.5, 0.6) is 0 Å². The molecule has 138 valence electrons. The molecule has 1 aromatic heterocycles. The molecule has 0 unspecified atom stereocenters. The number of carbonyl (C=O) groups excluding carboxylic acids is 1. The molecule has 0 saturated heterocycles. The number of carbonyl (C=O) groups is 1. The third kappa shape index (κ3) is 3.98. The molecule has 8 nitrogen and oxygen atoms in total. The number of amides is 1. The Morgan fingerprint density at radius 1 is 1.22 bits per heavy atom. The van der Waals surface area contributed by atoms with Crippen molar-refractivity contribution in [1.82, 2.24) is 9.55 Å². The van der Waals surface area contributed by atoms with Gasteiger partial charge < -0.3 is 5.32 Å². The molecule has 1 N–H and O–H groups in total. The molecule has 0 radical (unpaired) electrons. The van der Waals surface area contributed by atoms with Crippen molar-refractivity contribution in [3.63, 3.8) is 0 Å². The molecule has 1 amide bonds. The predicted octanol–water partition coefficient (Wildman–Crippen LogP) is 3.06. The fraction of sp³-hybridized carbons (Fsp3) is 0.167. The van der Waals surface area contributed by atoms with Crippen molar-refractivity contribution < 1.29 is 9.72 Å². The van der Waals surface area contributed by atoms with Gasteiger partial charge >= 0.3 is 0 Å². The summed E-state index contributed by atoms with van der Waals surface area (Å²) >= 11 is 1.11. The van der Waals surface area contributed by atoms with Crippen molar-refractivity contribution in [2.75, 3.05) is 11.1 Å². The van der Waals surface area contributed by atoms with Crippen LogP contribution in [0.15, 0.2) is 58.5 Å². The van der Waals surface area contributed by atoms with Gasteiger partial charge in [0.05, 0.1) is 21.6 Å². The van der Waals surface area contributed by atoms with Crippen molar-refractivity contribution in [2.45, 2.75) is 18.6 Å². The summed E-state index contributed by atoms with van der Waals surface area (Å²) in [5.41, 5.74) is 0.358. The second-order valence-corrected chi connectivity index (χ2v) is 6.51. The second-order valence-electron chi connectivity index (χ2n) is 5.57. The lowest BCUT2D eigenvalue weighted by Gasteiger charge is -2.11. The number of nitrogens with one attached hydrogen (secondary N) is 1. The van der Waals surface area contributed by atoms with Crippen LogP contribution in [0.1, 0.15) is 6.92 Å². The molecule has 0 bridgehead atoms. The summed E-state index contributed by atoms with van der Waals surface area (Å²) in [6.07, 6.45) is 0. The molecule has 0 aliphatic carbocycles. The molecule has 9 heteroatoms. The Morgan fingerprint density at radius 3 is 2.67 bits per heavy atom. The van der Waals surface area contributed by atoms with Crippen molar-refractivity contribution in [3.05, 3.63) is 69.0 Å². The topological polar surface area (TPSA) is 107 Å². The van der Waals surface area contributed by atoms with Gasteiger partial charge in [-0.25, -0.2) is 4.98 Å². The number of fused-ring (bicyclic) bond motifs is 1. The molecule has 0 saturated carbocycles. The molecule has 2 aromatic carbocycles. The van der Waals surface area contributed by atoms with Crippen LogP contribution in [0.25, 0.3) is 10.9 Å². The fourth-order valence-corrected chi connectivity index (χ4v) is 3.45. The highest BCUT2D eigenvalue weighted by molar-refractivity contribution is 7.99. The van der Waals surface area contributed by atoms with Gasteiger partial charge in [0.2, 0.25) is 5.91 Å². The van der Waals surface area contributed by atoms with Crippen molar-refractivity contribution in [1.29, 1.82) is 0 Å². The van der Waals surface area contributed by atoms with E-state index in [0.717, 1.165) is 11.8 Å². The number of para-hydroxylation sites is 3. The standard InChI is InChI=1S/C18H16N4O4S/c1-2-21-17(24)12-7-3-4-8-13(12)20-18(21)27-11-16(23)19-14-9-5-6-10-15(14)22(25)26/h3-10H,2,11H2,1H3,(H,19,23). The van der Waals surface area contributed by atoms with E-state index in [0.29, 0.717) is 22.6 Å². The van der Waals surface area contributed by atoms with Gasteiger partial charge in [-0.2, -0.15) is 0 Å². The SMILES string of the molecule is CCn1c(SCC(=O)Nc2ccccc2[N+](=O)[O-])nc2ccccc2c1=O. The summed E-state index contributed by atoms with van der Waals surface area (Å²) in [6.45, 7) is 2.25. The first-order valence-corrected chi connectivity index (χ1v) is 9.15. The third-order valence-corrected chi connectivity index (χ3v) is 4.83. The van der Waals surface area contributed by atoms with Crippen LogP contribution >= 0.6 is 11.8 Å². The Kier molecular flexibility index (Phi) is 5.51. The molecule has 0 fully saturated rings. The summed E-state index contributed by atoms with van der Waals surface area (Å²) in [5.74, 6) is -0.448. The minimum absolute atomic E-state index is 0.0309. The summed E-state index contributed by atoms with van der Waals surface area (Å²) in [6, 6.07) is 13.0. The molecule has 0 spiro atoms. The lowest BCUT2D eigenvalue weighted by atomic mass is 10.2. The van der Waals surface area contributed by atoms with Crippen LogP contribution in [-0.2, 0) is 11.3 Å². The van der Waals surface area contributed by atoms with Gasteiger partial charge in [-0.05, 0) is 25.1 Å². The molecule has 27 heavy (non-hydrogen) atoms. The molecule has 0 aliphatic rings. The van der Waals surface area contributed by atoms with E-state index in [2.05, 4.69) is 10.3 Å². The number of hydrogen-bond donors (Lipinski definition) is 1. The quantitative estimate of drug-likeness (QED) is 0.303. The monoisotopic (exact) mass is 384 g/mol. The maximum atomic E-state index is 12.6. The number of nitro benzene ring substituents is 1. The Labute approximate surface area is 158 Å². The Morgan fingerprint density at radius 2 is 1.93 bits per heavy atom. The molecule has 0 atom stereocenters. The predicted molar refractivity (Wildman–Crippen MR) is 104 cm³/mol. The van der Waals surface area contributed by atoms with Gasteiger partial charge in [0.15, 0.2) is 5.16 Å². The van der Waals surface area contributed by atoms with Crippen LogP contribution in [0.4, 0.5) is 11.4 Å². The number of anilines is 1. The number of benzene rings is 2. The molecule has 3 aromatic rings. The largest absolute Gasteiger partial charge is 0.320 e. The lowest BCUT2D eigenvalue weighted by Crippen LogP contribution is -2.23. The summed E-state index contributed by atoms with van der Waals surface area (Å²) < 4.78 is 1.51. The second kappa shape index (κ2) is 8.00. The number of nitro groups is 1. The highest BCUT2D eigenvalue weighted by atomic mass is 32.2. The maximum Gasteiger partial charge on any atom is 0.292 e. The van der Waals surface area contributed by atoms with Crippen LogP contribution in [0, 0.1) is 10.1 Å². The van der Waals surface area contributed by atoms with E-state index in [4.69, 9.17) is 0 Å². The zero-order valence-electron chi connectivity index (χ0n) is 14.4. The van der Waals surface area contributed by atoms with E-state index < -0.39 is 10.8 Å². The highest BCUT2D eigenvalue weighted by Gasteiger charge is 2.16. The number of aromatic nitrogens is 2. The van der Waals surface area contributed by atoms with E-state index in [1.54, 1.807) is 30.3 Å². The molecular formula is C18H16N4O4S. The van der Waals surface area contributed by atoms with Gasteiger partial charge in [-0.1, -0.05) is 36.0 Å².